The number of pyridine rings is 1. The molecule has 98 valence electrons. The molecular formula is C13H15N5O. The molecule has 19 heavy (non-hydrogen) atoms. The molecule has 1 aliphatic heterocycles. The zero-order chi connectivity index (χ0) is 13.1. The maximum absolute atomic E-state index is 12.0. The molecule has 3 heterocycles. The van der Waals surface area contributed by atoms with Crippen molar-refractivity contribution in [2.45, 2.75) is 19.4 Å². The van der Waals surface area contributed by atoms with Gasteiger partial charge in [-0.2, -0.15) is 5.10 Å². The Morgan fingerprint density at radius 2 is 2.42 bits per heavy atom. The third-order valence-corrected chi connectivity index (χ3v) is 3.04. The van der Waals surface area contributed by atoms with Gasteiger partial charge in [-0.1, -0.05) is 6.07 Å². The summed E-state index contributed by atoms with van der Waals surface area (Å²) in [4.78, 5) is 16.0. The minimum Gasteiger partial charge on any atom is -0.368 e. The average Bonchev–Trinajstić information content (AvgIpc) is 2.83. The van der Waals surface area contributed by atoms with Crippen molar-refractivity contribution in [2.24, 2.45) is 0 Å². The van der Waals surface area contributed by atoms with Crippen LogP contribution >= 0.6 is 0 Å². The van der Waals surface area contributed by atoms with Gasteiger partial charge in [0.05, 0.1) is 12.6 Å². The zero-order valence-electron chi connectivity index (χ0n) is 10.5. The number of anilines is 2. The minimum atomic E-state index is -0.0591. The van der Waals surface area contributed by atoms with Crippen molar-refractivity contribution >= 4 is 17.4 Å². The van der Waals surface area contributed by atoms with Crippen molar-refractivity contribution in [1.82, 2.24) is 14.8 Å². The number of rotatable bonds is 3. The molecule has 2 N–H and O–H groups in total. The molecule has 0 saturated heterocycles. The van der Waals surface area contributed by atoms with Crippen molar-refractivity contribution in [1.29, 1.82) is 0 Å². The van der Waals surface area contributed by atoms with Crippen molar-refractivity contribution in [3.8, 4) is 0 Å². The van der Waals surface area contributed by atoms with E-state index in [4.69, 9.17) is 0 Å². The molecular weight excluding hydrogens is 242 g/mol. The second-order valence-corrected chi connectivity index (χ2v) is 4.50. The quantitative estimate of drug-likeness (QED) is 0.868. The van der Waals surface area contributed by atoms with Crippen molar-refractivity contribution in [2.75, 3.05) is 17.2 Å². The Balaban J connectivity index is 1.68. The van der Waals surface area contributed by atoms with E-state index in [0.717, 1.165) is 36.6 Å². The summed E-state index contributed by atoms with van der Waals surface area (Å²) in [5.74, 6) is 0.835. The lowest BCUT2D eigenvalue weighted by Crippen LogP contribution is -2.20. The number of nitrogens with zero attached hydrogens (tertiary/aromatic N) is 3. The topological polar surface area (TPSA) is 71.8 Å². The molecule has 0 fully saturated rings. The van der Waals surface area contributed by atoms with Gasteiger partial charge < -0.3 is 10.6 Å². The first-order valence-electron chi connectivity index (χ1n) is 6.31. The van der Waals surface area contributed by atoms with Crippen LogP contribution in [0.2, 0.25) is 0 Å². The highest BCUT2D eigenvalue weighted by molar-refractivity contribution is 5.94. The molecule has 0 saturated carbocycles. The van der Waals surface area contributed by atoms with Crippen LogP contribution < -0.4 is 10.6 Å². The summed E-state index contributed by atoms with van der Waals surface area (Å²) in [6.07, 6.45) is 6.45. The summed E-state index contributed by atoms with van der Waals surface area (Å²) in [5, 5.41) is 10.4. The Hall–Kier alpha value is -2.37. The van der Waals surface area contributed by atoms with Crippen LogP contribution in [0.3, 0.4) is 0 Å². The highest BCUT2D eigenvalue weighted by Gasteiger charge is 2.15. The molecule has 1 aliphatic rings. The van der Waals surface area contributed by atoms with Crippen molar-refractivity contribution < 1.29 is 4.79 Å². The molecule has 0 bridgehead atoms. The average molecular weight is 257 g/mol. The van der Waals surface area contributed by atoms with Gasteiger partial charge >= 0.3 is 0 Å². The van der Waals surface area contributed by atoms with Crippen LogP contribution in [0.5, 0.6) is 0 Å². The lowest BCUT2D eigenvalue weighted by atomic mass is 10.2. The molecule has 0 spiro atoms. The van der Waals surface area contributed by atoms with Crippen LogP contribution in [-0.2, 0) is 17.8 Å². The van der Waals surface area contributed by atoms with E-state index in [2.05, 4.69) is 20.7 Å². The number of nitrogens with one attached hydrogen (secondary N) is 2. The standard InChI is InChI=1S/C13H15N5O/c19-12(7-10-3-1-4-14-8-10)17-11-9-16-18-6-2-5-15-13(11)18/h1,3-4,8-9,15H,2,5-7H2,(H,17,19). The lowest BCUT2D eigenvalue weighted by molar-refractivity contribution is -0.115. The monoisotopic (exact) mass is 257 g/mol. The van der Waals surface area contributed by atoms with Gasteiger partial charge in [-0.05, 0) is 18.1 Å². The maximum atomic E-state index is 12.0. The summed E-state index contributed by atoms with van der Waals surface area (Å²) in [6.45, 7) is 1.80. The number of amides is 1. The van der Waals surface area contributed by atoms with Gasteiger partial charge in [0.1, 0.15) is 11.5 Å². The van der Waals surface area contributed by atoms with Gasteiger partial charge in [0.15, 0.2) is 0 Å². The molecule has 2 aromatic heterocycles. The first-order valence-corrected chi connectivity index (χ1v) is 6.31. The molecule has 0 aromatic carbocycles. The minimum absolute atomic E-state index is 0.0591. The molecule has 1 amide bonds. The van der Waals surface area contributed by atoms with Crippen LogP contribution in [0.4, 0.5) is 11.5 Å². The van der Waals surface area contributed by atoms with Crippen molar-refractivity contribution in [3.63, 3.8) is 0 Å². The fraction of sp³-hybridized carbons (Fsp3) is 0.308. The van der Waals surface area contributed by atoms with Gasteiger partial charge in [0.2, 0.25) is 5.91 Å². The summed E-state index contributed by atoms with van der Waals surface area (Å²) in [7, 11) is 0. The first-order chi connectivity index (χ1) is 9.33. The third kappa shape index (κ3) is 2.57. The zero-order valence-corrected chi connectivity index (χ0v) is 10.5. The Bertz CT molecular complexity index is 578. The predicted molar refractivity (Wildman–Crippen MR) is 71.9 cm³/mol. The first kappa shape index (κ1) is 11.7. The highest BCUT2D eigenvalue weighted by atomic mass is 16.1. The maximum Gasteiger partial charge on any atom is 0.228 e. The summed E-state index contributed by atoms with van der Waals surface area (Å²) in [6, 6.07) is 3.71. The number of hydrogen-bond acceptors (Lipinski definition) is 4. The summed E-state index contributed by atoms with van der Waals surface area (Å²) < 4.78 is 1.88. The van der Waals surface area contributed by atoms with E-state index in [1.807, 2.05) is 16.8 Å². The van der Waals surface area contributed by atoms with E-state index in [1.54, 1.807) is 18.6 Å². The number of hydrogen-bond donors (Lipinski definition) is 2. The fourth-order valence-corrected chi connectivity index (χ4v) is 2.15. The molecule has 6 heteroatoms. The van der Waals surface area contributed by atoms with Gasteiger partial charge in [-0.15, -0.1) is 0 Å². The second kappa shape index (κ2) is 5.09. The van der Waals surface area contributed by atoms with E-state index in [-0.39, 0.29) is 5.91 Å². The highest BCUT2D eigenvalue weighted by Crippen LogP contribution is 2.24. The largest absolute Gasteiger partial charge is 0.368 e. The summed E-state index contributed by atoms with van der Waals surface area (Å²) >= 11 is 0. The molecule has 3 rings (SSSR count). The SMILES string of the molecule is O=C(Cc1cccnc1)Nc1cnn2c1NCCC2. The third-order valence-electron chi connectivity index (χ3n) is 3.04. The van der Waals surface area contributed by atoms with Gasteiger partial charge in [-0.3, -0.25) is 9.78 Å². The number of carbonyl (C=O) groups excluding carboxylic acids is 1. The lowest BCUT2D eigenvalue weighted by Gasteiger charge is -2.17. The molecule has 0 aliphatic carbocycles. The second-order valence-electron chi connectivity index (χ2n) is 4.50. The fourth-order valence-electron chi connectivity index (χ4n) is 2.15. The molecule has 0 unspecified atom stereocenters. The van der Waals surface area contributed by atoms with E-state index < -0.39 is 0 Å². The number of aryl methyl sites for hydroxylation is 1. The van der Waals surface area contributed by atoms with E-state index >= 15 is 0 Å². The van der Waals surface area contributed by atoms with Crippen LogP contribution in [0.15, 0.2) is 30.7 Å². The molecule has 6 nitrogen and oxygen atoms in total. The normalized spacial score (nSPS) is 13.5. The van der Waals surface area contributed by atoms with Gasteiger partial charge in [0.25, 0.3) is 0 Å². The van der Waals surface area contributed by atoms with Gasteiger partial charge in [-0.25, -0.2) is 4.68 Å². The van der Waals surface area contributed by atoms with Crippen LogP contribution in [-0.4, -0.2) is 27.2 Å². The molecule has 2 aromatic rings. The van der Waals surface area contributed by atoms with E-state index in [1.165, 1.54) is 0 Å². The Morgan fingerprint density at radius 3 is 3.26 bits per heavy atom. The molecule has 0 atom stereocenters. The Kier molecular flexibility index (Phi) is 3.14. The number of fused-ring (bicyclic) bond motifs is 1. The predicted octanol–water partition coefficient (Wildman–Crippen LogP) is 1.27. The number of carbonyl (C=O) groups is 1. The summed E-state index contributed by atoms with van der Waals surface area (Å²) in [5.41, 5.74) is 1.64. The smallest absolute Gasteiger partial charge is 0.228 e. The molecule has 0 radical (unpaired) electrons. The Morgan fingerprint density at radius 1 is 1.47 bits per heavy atom. The van der Waals surface area contributed by atoms with E-state index in [9.17, 15) is 4.79 Å². The number of aromatic nitrogens is 3. The van der Waals surface area contributed by atoms with Gasteiger partial charge in [0, 0.05) is 25.5 Å². The van der Waals surface area contributed by atoms with Crippen LogP contribution in [0, 0.1) is 0 Å². The van der Waals surface area contributed by atoms with Crippen LogP contribution in [0.25, 0.3) is 0 Å². The Labute approximate surface area is 110 Å². The van der Waals surface area contributed by atoms with E-state index in [0.29, 0.717) is 6.42 Å². The van der Waals surface area contributed by atoms with Crippen molar-refractivity contribution in [3.05, 3.63) is 36.3 Å². The van der Waals surface area contributed by atoms with Crippen LogP contribution in [0.1, 0.15) is 12.0 Å².